The lowest BCUT2D eigenvalue weighted by molar-refractivity contribution is 0.573. The highest BCUT2D eigenvalue weighted by atomic mass is 35.5. The number of nitrogens with zero attached hydrogens (tertiary/aromatic N) is 3. The SMILES string of the molecule is C[C@@H](Nc1nnc(-c2ccc3[nH]ncc3c2)o1)c1ccc(Cl)c(Cl)c1. The van der Waals surface area contributed by atoms with Gasteiger partial charge in [0.1, 0.15) is 0 Å². The molecule has 4 aromatic rings. The second-order valence-corrected chi connectivity index (χ2v) is 6.44. The van der Waals surface area contributed by atoms with E-state index < -0.39 is 0 Å². The van der Waals surface area contributed by atoms with E-state index in [9.17, 15) is 0 Å². The zero-order valence-corrected chi connectivity index (χ0v) is 14.6. The van der Waals surface area contributed by atoms with Crippen molar-refractivity contribution in [1.29, 1.82) is 0 Å². The van der Waals surface area contributed by atoms with E-state index in [0.29, 0.717) is 22.0 Å². The van der Waals surface area contributed by atoms with Crippen molar-refractivity contribution in [2.45, 2.75) is 13.0 Å². The van der Waals surface area contributed by atoms with Crippen LogP contribution in [0, 0.1) is 0 Å². The molecule has 25 heavy (non-hydrogen) atoms. The predicted octanol–water partition coefficient (Wildman–Crippen LogP) is 5.09. The van der Waals surface area contributed by atoms with Crippen LogP contribution >= 0.6 is 23.2 Å². The molecule has 0 saturated heterocycles. The van der Waals surface area contributed by atoms with E-state index in [2.05, 4.69) is 25.7 Å². The van der Waals surface area contributed by atoms with Gasteiger partial charge in [0.05, 0.1) is 27.8 Å². The first kappa shape index (κ1) is 15.9. The summed E-state index contributed by atoms with van der Waals surface area (Å²) in [4.78, 5) is 0. The van der Waals surface area contributed by atoms with E-state index in [0.717, 1.165) is 22.0 Å². The lowest BCUT2D eigenvalue weighted by Crippen LogP contribution is -2.06. The van der Waals surface area contributed by atoms with Crippen LogP contribution in [0.1, 0.15) is 18.5 Å². The van der Waals surface area contributed by atoms with Gasteiger partial charge in [-0.15, -0.1) is 5.10 Å². The Morgan fingerprint density at radius 3 is 2.80 bits per heavy atom. The first-order chi connectivity index (χ1) is 12.1. The lowest BCUT2D eigenvalue weighted by atomic mass is 10.1. The molecule has 6 nitrogen and oxygen atoms in total. The Bertz CT molecular complexity index is 1040. The second kappa shape index (κ2) is 6.38. The van der Waals surface area contributed by atoms with Crippen molar-refractivity contribution < 1.29 is 4.42 Å². The van der Waals surface area contributed by atoms with Crippen LogP contribution in [-0.4, -0.2) is 20.4 Å². The van der Waals surface area contributed by atoms with Gasteiger partial charge in [0.15, 0.2) is 0 Å². The molecule has 0 fully saturated rings. The van der Waals surface area contributed by atoms with Crippen LogP contribution in [0.2, 0.25) is 10.0 Å². The number of H-pyrrole nitrogens is 1. The average molecular weight is 374 g/mol. The third kappa shape index (κ3) is 3.18. The maximum Gasteiger partial charge on any atom is 0.316 e. The Labute approximate surface area is 153 Å². The maximum absolute atomic E-state index is 6.06. The Balaban J connectivity index is 1.55. The Morgan fingerprint density at radius 1 is 1.08 bits per heavy atom. The van der Waals surface area contributed by atoms with Crippen LogP contribution in [0.3, 0.4) is 0 Å². The van der Waals surface area contributed by atoms with Gasteiger partial charge < -0.3 is 9.73 Å². The van der Waals surface area contributed by atoms with Crippen molar-refractivity contribution in [2.24, 2.45) is 0 Å². The van der Waals surface area contributed by atoms with Crippen molar-refractivity contribution in [2.75, 3.05) is 5.32 Å². The van der Waals surface area contributed by atoms with Crippen LogP contribution in [0.4, 0.5) is 6.01 Å². The molecule has 0 amide bonds. The number of nitrogens with one attached hydrogen (secondary N) is 2. The first-order valence-corrected chi connectivity index (χ1v) is 8.34. The molecule has 0 spiro atoms. The molecule has 0 aliphatic rings. The fraction of sp³-hybridized carbons (Fsp3) is 0.118. The standard InChI is InChI=1S/C17H13Cl2N5O/c1-9(10-2-4-13(18)14(19)7-10)21-17-24-23-16(25-17)11-3-5-15-12(6-11)8-20-22-15/h2-9H,1H3,(H,20,22)(H,21,24)/t9-/m1/s1. The number of benzene rings is 2. The molecule has 2 aromatic carbocycles. The molecular weight excluding hydrogens is 361 g/mol. The molecule has 8 heteroatoms. The minimum absolute atomic E-state index is 0.0700. The molecule has 0 aliphatic heterocycles. The van der Waals surface area contributed by atoms with Crippen molar-refractivity contribution in [3.05, 3.63) is 58.2 Å². The number of anilines is 1. The smallest absolute Gasteiger partial charge is 0.316 e. The highest BCUT2D eigenvalue weighted by molar-refractivity contribution is 6.42. The average Bonchev–Trinajstić information content (AvgIpc) is 3.25. The molecule has 0 bridgehead atoms. The predicted molar refractivity (Wildman–Crippen MR) is 97.9 cm³/mol. The van der Waals surface area contributed by atoms with E-state index in [4.69, 9.17) is 27.6 Å². The van der Waals surface area contributed by atoms with Crippen LogP contribution in [0.5, 0.6) is 0 Å². The number of hydrogen-bond acceptors (Lipinski definition) is 5. The fourth-order valence-electron chi connectivity index (χ4n) is 2.52. The highest BCUT2D eigenvalue weighted by Crippen LogP contribution is 2.28. The van der Waals surface area contributed by atoms with Gasteiger partial charge in [0, 0.05) is 10.9 Å². The minimum atomic E-state index is -0.0700. The number of hydrogen-bond donors (Lipinski definition) is 2. The van der Waals surface area contributed by atoms with Gasteiger partial charge in [-0.2, -0.15) is 5.10 Å². The van der Waals surface area contributed by atoms with Crippen molar-refractivity contribution in [3.8, 4) is 11.5 Å². The summed E-state index contributed by atoms with van der Waals surface area (Å²) in [5.74, 6) is 0.437. The van der Waals surface area contributed by atoms with Gasteiger partial charge in [-0.05, 0) is 42.8 Å². The molecule has 126 valence electrons. The van der Waals surface area contributed by atoms with Gasteiger partial charge in [-0.1, -0.05) is 34.4 Å². The van der Waals surface area contributed by atoms with Gasteiger partial charge in [-0.3, -0.25) is 5.10 Å². The topological polar surface area (TPSA) is 79.6 Å². The van der Waals surface area contributed by atoms with E-state index >= 15 is 0 Å². The fourth-order valence-corrected chi connectivity index (χ4v) is 2.83. The summed E-state index contributed by atoms with van der Waals surface area (Å²) < 4.78 is 5.72. The molecule has 1 atom stereocenters. The second-order valence-electron chi connectivity index (χ2n) is 5.62. The maximum atomic E-state index is 6.06. The highest BCUT2D eigenvalue weighted by Gasteiger charge is 2.13. The summed E-state index contributed by atoms with van der Waals surface area (Å²) in [5.41, 5.74) is 2.75. The summed E-state index contributed by atoms with van der Waals surface area (Å²) in [6.07, 6.45) is 1.75. The van der Waals surface area contributed by atoms with Crippen molar-refractivity contribution in [3.63, 3.8) is 0 Å². The van der Waals surface area contributed by atoms with E-state index in [1.807, 2.05) is 37.3 Å². The normalized spacial score (nSPS) is 12.4. The molecule has 2 heterocycles. The van der Waals surface area contributed by atoms with E-state index in [-0.39, 0.29) is 6.04 Å². The minimum Gasteiger partial charge on any atom is -0.403 e. The molecule has 0 unspecified atom stereocenters. The van der Waals surface area contributed by atoms with E-state index in [1.54, 1.807) is 12.3 Å². The number of halogens is 2. The van der Waals surface area contributed by atoms with Crippen LogP contribution in [0.15, 0.2) is 47.0 Å². The monoisotopic (exact) mass is 373 g/mol. The van der Waals surface area contributed by atoms with Crippen molar-refractivity contribution >= 4 is 40.1 Å². The Kier molecular flexibility index (Phi) is 4.07. The molecule has 0 aliphatic carbocycles. The third-order valence-corrected chi connectivity index (χ3v) is 4.63. The summed E-state index contributed by atoms with van der Waals surface area (Å²) in [7, 11) is 0. The number of fused-ring (bicyclic) bond motifs is 1. The first-order valence-electron chi connectivity index (χ1n) is 7.58. The Hall–Kier alpha value is -2.57. The van der Waals surface area contributed by atoms with E-state index in [1.165, 1.54) is 0 Å². The quantitative estimate of drug-likeness (QED) is 0.520. The molecule has 0 saturated carbocycles. The lowest BCUT2D eigenvalue weighted by Gasteiger charge is -2.12. The number of aromatic nitrogens is 4. The molecule has 2 aromatic heterocycles. The molecule has 4 rings (SSSR count). The van der Waals surface area contributed by atoms with Gasteiger partial charge in [-0.25, -0.2) is 0 Å². The molecule has 2 N–H and O–H groups in total. The van der Waals surface area contributed by atoms with Crippen molar-refractivity contribution in [1.82, 2.24) is 20.4 Å². The van der Waals surface area contributed by atoms with Gasteiger partial charge >= 0.3 is 6.01 Å². The van der Waals surface area contributed by atoms with Crippen LogP contribution < -0.4 is 5.32 Å². The molecule has 0 radical (unpaired) electrons. The number of rotatable bonds is 4. The van der Waals surface area contributed by atoms with Gasteiger partial charge in [0.25, 0.3) is 0 Å². The zero-order valence-electron chi connectivity index (χ0n) is 13.1. The summed E-state index contributed by atoms with van der Waals surface area (Å²) >= 11 is 12.0. The van der Waals surface area contributed by atoms with Gasteiger partial charge in [0.2, 0.25) is 5.89 Å². The van der Waals surface area contributed by atoms with Crippen LogP contribution in [0.25, 0.3) is 22.4 Å². The summed E-state index contributed by atoms with van der Waals surface area (Å²) in [5, 5.41) is 20.2. The number of aromatic amines is 1. The summed E-state index contributed by atoms with van der Waals surface area (Å²) in [6.45, 7) is 1.97. The van der Waals surface area contributed by atoms with Crippen LogP contribution in [-0.2, 0) is 0 Å². The zero-order chi connectivity index (χ0) is 17.4. The molecular formula is C17H13Cl2N5O. The largest absolute Gasteiger partial charge is 0.403 e. The summed E-state index contributed by atoms with van der Waals surface area (Å²) in [6, 6.07) is 11.5. The Morgan fingerprint density at radius 2 is 1.96 bits per heavy atom. The third-order valence-electron chi connectivity index (χ3n) is 3.90.